The number of methoxy groups -OCH3 is 1. The smallest absolute Gasteiger partial charge is 0.467 e. The molecule has 0 aliphatic carbocycles. The number of rotatable bonds is 48. The average molecular weight is 1660 g/mol. The number of carbonyl (C=O) groups excluding carboxylic acids is 10. The summed E-state index contributed by atoms with van der Waals surface area (Å²) < 4.78 is 118. The van der Waals surface area contributed by atoms with Gasteiger partial charge in [0.1, 0.15) is 40.5 Å². The molecule has 1 saturated heterocycles. The fraction of sp³-hybridized carbons (Fsp3) is 0.694. The van der Waals surface area contributed by atoms with Crippen molar-refractivity contribution in [1.82, 2.24) is 15.4 Å². The van der Waals surface area contributed by atoms with Crippen molar-refractivity contribution in [3.05, 3.63) is 63.7 Å². The van der Waals surface area contributed by atoms with Crippen LogP contribution in [0, 0.1) is 10.1 Å². The average Bonchev–Trinajstić information content (AvgIpc) is 0.770. The van der Waals surface area contributed by atoms with Crippen molar-refractivity contribution < 1.29 is 167 Å². The number of nitrogens with zero attached hydrogens (tertiary/aromatic N) is 3. The second kappa shape index (κ2) is 55.9. The van der Waals surface area contributed by atoms with Crippen LogP contribution in [0.1, 0.15) is 120 Å². The van der Waals surface area contributed by atoms with Crippen LogP contribution in [0.2, 0.25) is 0 Å². The van der Waals surface area contributed by atoms with Crippen LogP contribution in [0.4, 0.5) is 29.7 Å². The molecule has 1 aliphatic heterocycles. The van der Waals surface area contributed by atoms with Crippen molar-refractivity contribution in [3.8, 4) is 11.5 Å². The van der Waals surface area contributed by atoms with Crippen LogP contribution in [0.25, 0.3) is 0 Å². The van der Waals surface area contributed by atoms with Gasteiger partial charge in [-0.1, -0.05) is 16.2 Å². The van der Waals surface area contributed by atoms with Crippen LogP contribution in [0.15, 0.2) is 42.5 Å². The lowest BCUT2D eigenvalue weighted by Crippen LogP contribution is -2.64. The fourth-order valence-corrected chi connectivity index (χ4v) is 8.48. The van der Waals surface area contributed by atoms with Gasteiger partial charge in [0.05, 0.1) is 163 Å². The molecule has 0 unspecified atom stereocenters. The summed E-state index contributed by atoms with van der Waals surface area (Å²) >= 11 is 0. The van der Waals surface area contributed by atoms with Crippen molar-refractivity contribution in [2.24, 2.45) is 5.73 Å². The van der Waals surface area contributed by atoms with Gasteiger partial charge in [0, 0.05) is 46.0 Å². The molecule has 650 valence electrons. The SMILES string of the molecule is CC(C)(C)OC(=O)N(OCCOCCOCCOCCOCCOCCN)C(=O)OC(C)(C)C.COC(=O)[C@H]1O[C@@H](Oc2ccc(COC(=O)Oc3ccc([N+](=O)[O-])cc3)cc2C(=O)NCCOCCOCCOCCOCCOCCON(C(=O)OC(C)(C)C)C(=O)OC(C)(C)C)[C@H](OC(C)=O)[C@@H](OC(C)=O)[C@@H]1OC(C)=O.Cl. The number of hydroxylamine groups is 4. The number of hydrogen-bond donors (Lipinski definition) is 2. The van der Waals surface area contributed by atoms with Gasteiger partial charge in [-0.2, -0.15) is 0 Å². The molecule has 114 heavy (non-hydrogen) atoms. The topological polar surface area (TPSA) is 480 Å². The lowest BCUT2D eigenvalue weighted by molar-refractivity contribution is -0.384. The predicted octanol–water partition coefficient (Wildman–Crippen LogP) is 6.85. The number of imide groups is 2. The summed E-state index contributed by atoms with van der Waals surface area (Å²) in [5, 5.41) is 14.5. The second-order valence-corrected chi connectivity index (χ2v) is 27.4. The Balaban J connectivity index is 0.00000155. The van der Waals surface area contributed by atoms with Crippen LogP contribution in [-0.2, 0) is 130 Å². The molecule has 1 aliphatic rings. The Hall–Kier alpha value is -8.53. The van der Waals surface area contributed by atoms with Crippen LogP contribution in [-0.4, -0.2) is 294 Å². The van der Waals surface area contributed by atoms with Gasteiger partial charge in [-0.15, -0.1) is 12.4 Å². The Labute approximate surface area is 668 Å². The Morgan fingerprint density at radius 3 is 1.18 bits per heavy atom. The number of carbonyl (C=O) groups is 10. The van der Waals surface area contributed by atoms with E-state index in [-0.39, 0.29) is 133 Å². The maximum absolute atomic E-state index is 13.8. The van der Waals surface area contributed by atoms with Gasteiger partial charge >= 0.3 is 54.4 Å². The maximum Gasteiger partial charge on any atom is 0.514 e. The highest BCUT2D eigenvalue weighted by Gasteiger charge is 2.56. The minimum Gasteiger partial charge on any atom is -0.467 e. The van der Waals surface area contributed by atoms with Crippen LogP contribution >= 0.6 is 12.4 Å². The summed E-state index contributed by atoms with van der Waals surface area (Å²) in [6.45, 7) is 28.8. The van der Waals surface area contributed by atoms with Crippen molar-refractivity contribution in [2.75, 3.05) is 166 Å². The Morgan fingerprint density at radius 2 is 0.833 bits per heavy atom. The van der Waals surface area contributed by atoms with Gasteiger partial charge < -0.3 is 115 Å². The summed E-state index contributed by atoms with van der Waals surface area (Å²) in [6, 6.07) is 8.53. The molecule has 0 radical (unpaired) electrons. The molecular weight excluding hydrogens is 1550 g/mol. The molecule has 0 aromatic heterocycles. The van der Waals surface area contributed by atoms with E-state index >= 15 is 0 Å². The van der Waals surface area contributed by atoms with E-state index in [1.165, 1.54) is 30.3 Å². The Kier molecular flexibility index (Phi) is 50.7. The van der Waals surface area contributed by atoms with Crippen molar-refractivity contribution in [1.29, 1.82) is 0 Å². The van der Waals surface area contributed by atoms with E-state index in [2.05, 4.69) is 5.32 Å². The zero-order valence-corrected chi connectivity index (χ0v) is 68.4. The van der Waals surface area contributed by atoms with Crippen molar-refractivity contribution >= 4 is 78.4 Å². The quantitative estimate of drug-likeness (QED) is 0.0171. The molecule has 5 atom stereocenters. The largest absolute Gasteiger partial charge is 0.514 e. The molecule has 1 fully saturated rings. The number of hydrogen-bond acceptors (Lipinski definition) is 37. The molecule has 3 N–H and O–H groups in total. The number of halogens is 1. The first kappa shape index (κ1) is 103. The van der Waals surface area contributed by atoms with Crippen LogP contribution in [0.5, 0.6) is 11.5 Å². The molecule has 0 bridgehead atoms. The van der Waals surface area contributed by atoms with Gasteiger partial charge in [-0.25, -0.2) is 28.8 Å². The molecule has 0 saturated carbocycles. The van der Waals surface area contributed by atoms with E-state index in [1.807, 2.05) is 0 Å². The highest BCUT2D eigenvalue weighted by atomic mass is 35.5. The summed E-state index contributed by atoms with van der Waals surface area (Å²) in [5.74, 6) is -4.96. The molecule has 5 amide bonds. The van der Waals surface area contributed by atoms with Gasteiger partial charge in [0.25, 0.3) is 11.6 Å². The monoisotopic (exact) mass is 1660 g/mol. The zero-order valence-electron chi connectivity index (χ0n) is 67.6. The number of nitro benzene ring substituents is 1. The van der Waals surface area contributed by atoms with E-state index < -0.39 is 125 Å². The Bertz CT molecular complexity index is 3140. The maximum atomic E-state index is 13.8. The number of ether oxygens (including phenoxy) is 22. The van der Waals surface area contributed by atoms with Crippen molar-refractivity contribution in [3.63, 3.8) is 0 Å². The van der Waals surface area contributed by atoms with E-state index in [4.69, 9.17) is 120 Å². The fourth-order valence-electron chi connectivity index (χ4n) is 8.48. The molecular formula is C72H114ClN5O36. The van der Waals surface area contributed by atoms with Gasteiger partial charge in [0.2, 0.25) is 12.4 Å². The highest BCUT2D eigenvalue weighted by Crippen LogP contribution is 2.33. The summed E-state index contributed by atoms with van der Waals surface area (Å²) in [6.07, 6.45) is -13.9. The first-order valence-corrected chi connectivity index (χ1v) is 35.9. The summed E-state index contributed by atoms with van der Waals surface area (Å²) in [5.41, 5.74) is 1.71. The molecule has 42 heteroatoms. The minimum absolute atomic E-state index is 0. The van der Waals surface area contributed by atoms with Gasteiger partial charge in [-0.05, 0) is 113 Å². The number of benzene rings is 2. The standard InChI is InChI=1S/C50H69N3O26.C22H44N2O10.ClH/c1-31(54)72-39-40(73-32(2)55)42(74-33(3)56)45(77-41(39)44(58)64-10)76-38-16-11-34(30-70-48(61)75-36-14-12-35(13-15-36)53(62)63)29-37(38)43(57)51-17-18-65-19-20-66-21-22-67-23-24-68-25-26-69-27-28-71-52(46(59)78-49(4,5)6)47(60)79-50(7,8)9;1-21(2,3)33-19(25)24(20(26)34-22(4,5)6)32-18-17-31-16-15-30-14-13-29-12-11-28-10-9-27-8-7-23;/h11-16,29,39-42,45H,17-28,30H2,1-10H3,(H,51,57);7-18,23H2,1-6H3;1H/t39-,40-,41-,42+,45+;;/m0../s1. The lowest BCUT2D eigenvalue weighted by atomic mass is 9.97. The van der Waals surface area contributed by atoms with Gasteiger partial charge in [0.15, 0.2) is 18.3 Å². The third-order valence-corrected chi connectivity index (χ3v) is 12.9. The zero-order chi connectivity index (χ0) is 84.6. The number of nitrogens with one attached hydrogen (secondary N) is 1. The number of esters is 4. The number of non-ortho nitro benzene ring substituents is 1. The Morgan fingerprint density at radius 1 is 0.482 bits per heavy atom. The number of nitrogens with two attached hydrogens (primary N) is 1. The van der Waals surface area contributed by atoms with Gasteiger partial charge in [-0.3, -0.25) is 39.0 Å². The van der Waals surface area contributed by atoms with E-state index in [0.29, 0.717) is 76.1 Å². The van der Waals surface area contributed by atoms with Crippen LogP contribution in [0.3, 0.4) is 0 Å². The van der Waals surface area contributed by atoms with E-state index in [0.717, 1.165) is 40.0 Å². The van der Waals surface area contributed by atoms with Crippen LogP contribution < -0.4 is 20.5 Å². The summed E-state index contributed by atoms with van der Waals surface area (Å²) in [4.78, 5) is 147. The normalized spacial score (nSPS) is 15.4. The number of amides is 5. The third-order valence-electron chi connectivity index (χ3n) is 12.9. The molecule has 2 aromatic rings. The highest BCUT2D eigenvalue weighted by molar-refractivity contribution is 5.97. The molecule has 1 heterocycles. The van der Waals surface area contributed by atoms with E-state index in [1.54, 1.807) is 83.1 Å². The predicted molar refractivity (Wildman–Crippen MR) is 396 cm³/mol. The molecule has 41 nitrogen and oxygen atoms in total. The third kappa shape index (κ3) is 48.0. The summed E-state index contributed by atoms with van der Waals surface area (Å²) in [7, 11) is 1.01. The number of nitro groups is 1. The second-order valence-electron chi connectivity index (χ2n) is 27.4. The minimum atomic E-state index is -1.83. The first-order valence-electron chi connectivity index (χ1n) is 35.9. The molecule has 0 spiro atoms. The lowest BCUT2D eigenvalue weighted by Gasteiger charge is -2.43. The molecule has 3 rings (SSSR count). The first-order chi connectivity index (χ1) is 53.2. The molecule has 2 aromatic carbocycles. The van der Waals surface area contributed by atoms with Crippen molar-refractivity contribution in [2.45, 2.75) is 164 Å². The van der Waals surface area contributed by atoms with E-state index in [9.17, 15) is 58.1 Å².